The standard InChI is InChI=1S/C8H14N2O5S.2H2O3S/c9-4(7(12)13)1-2-6(11)10-5(3-16)8(14)15;2*1-4(2)3/h4-5,16H,1-3,9H2,(H,10,11)(H,12,13)(H,14,15);2*(H2,1,2,3)/t4-,5-;;/m0../s1. The summed E-state index contributed by atoms with van der Waals surface area (Å²) in [7, 11) is 0. The van der Waals surface area contributed by atoms with Gasteiger partial charge in [0.2, 0.25) is 5.91 Å². The van der Waals surface area contributed by atoms with Gasteiger partial charge in [-0.15, -0.1) is 0 Å². The molecule has 0 aromatic heterocycles. The molecule has 1 amide bonds. The predicted molar refractivity (Wildman–Crippen MR) is 85.1 cm³/mol. The van der Waals surface area contributed by atoms with E-state index in [0.717, 1.165) is 0 Å². The normalized spacial score (nSPS) is 12.2. The molecule has 0 aromatic carbocycles. The van der Waals surface area contributed by atoms with Crippen LogP contribution in [0.1, 0.15) is 12.8 Å². The molecule has 0 unspecified atom stereocenters. The number of hydrogen-bond donors (Lipinski definition) is 9. The molecule has 0 aliphatic rings. The summed E-state index contributed by atoms with van der Waals surface area (Å²) in [4.78, 5) is 32.1. The molecule has 0 saturated carbocycles. The molecule has 0 heterocycles. The lowest BCUT2D eigenvalue weighted by atomic mass is 10.1. The maximum atomic E-state index is 11.2. The maximum absolute atomic E-state index is 11.2. The zero-order valence-corrected chi connectivity index (χ0v) is 14.4. The van der Waals surface area contributed by atoms with Gasteiger partial charge in [-0.25, -0.2) is 4.79 Å². The van der Waals surface area contributed by atoms with Gasteiger partial charge in [0.15, 0.2) is 0 Å². The van der Waals surface area contributed by atoms with Crippen molar-refractivity contribution in [2.24, 2.45) is 5.73 Å². The molecule has 144 valence electrons. The van der Waals surface area contributed by atoms with Crippen LogP contribution in [0, 0.1) is 0 Å². The Labute approximate surface area is 146 Å². The Morgan fingerprint density at radius 1 is 1.00 bits per heavy atom. The Kier molecular flexibility index (Phi) is 19.3. The number of hydrogen-bond acceptors (Lipinski definition) is 7. The molecule has 0 spiro atoms. The Morgan fingerprint density at radius 3 is 1.62 bits per heavy atom. The molecule has 0 aromatic rings. The minimum atomic E-state index is -2.61. The van der Waals surface area contributed by atoms with Crippen LogP contribution in [0.25, 0.3) is 0 Å². The van der Waals surface area contributed by atoms with Gasteiger partial charge < -0.3 is 21.3 Å². The monoisotopic (exact) mass is 414 g/mol. The largest absolute Gasteiger partial charge is 0.480 e. The lowest BCUT2D eigenvalue weighted by Gasteiger charge is -2.12. The SMILES string of the molecule is N[C@@H](CCC(=O)N[C@@H](CS)C(=O)O)C(=O)O.O=S(O)O.O=S(O)O. The van der Waals surface area contributed by atoms with E-state index in [0.29, 0.717) is 0 Å². The molecule has 0 rings (SSSR count). The Bertz CT molecular complexity index is 427. The van der Waals surface area contributed by atoms with Crippen molar-refractivity contribution in [1.82, 2.24) is 5.32 Å². The molecule has 2 atom stereocenters. The first-order valence-electron chi connectivity index (χ1n) is 5.56. The van der Waals surface area contributed by atoms with Gasteiger partial charge in [0.25, 0.3) is 22.7 Å². The second-order valence-corrected chi connectivity index (χ2v) is 4.87. The Balaban J connectivity index is -0.000000457. The van der Waals surface area contributed by atoms with Crippen LogP contribution in [-0.2, 0) is 37.1 Å². The van der Waals surface area contributed by atoms with Gasteiger partial charge in [0.1, 0.15) is 12.1 Å². The van der Waals surface area contributed by atoms with Crippen molar-refractivity contribution in [2.75, 3.05) is 5.75 Å². The lowest BCUT2D eigenvalue weighted by Crippen LogP contribution is -2.42. The summed E-state index contributed by atoms with van der Waals surface area (Å²) < 4.78 is 45.7. The first kappa shape index (κ1) is 27.7. The van der Waals surface area contributed by atoms with Crippen LogP contribution in [0.3, 0.4) is 0 Å². The average molecular weight is 414 g/mol. The van der Waals surface area contributed by atoms with Gasteiger partial charge >= 0.3 is 11.9 Å². The van der Waals surface area contributed by atoms with E-state index in [1.165, 1.54) is 0 Å². The van der Waals surface area contributed by atoms with Crippen LogP contribution in [0.2, 0.25) is 0 Å². The van der Waals surface area contributed by atoms with Crippen molar-refractivity contribution in [2.45, 2.75) is 24.9 Å². The van der Waals surface area contributed by atoms with Crippen LogP contribution in [0.5, 0.6) is 0 Å². The summed E-state index contributed by atoms with van der Waals surface area (Å²) in [6.07, 6.45) is -0.175. The molecule has 0 aliphatic heterocycles. The van der Waals surface area contributed by atoms with E-state index in [9.17, 15) is 14.4 Å². The van der Waals surface area contributed by atoms with Crippen LogP contribution in [0.15, 0.2) is 0 Å². The molecule has 13 nitrogen and oxygen atoms in total. The van der Waals surface area contributed by atoms with Crippen molar-refractivity contribution >= 4 is 53.2 Å². The highest BCUT2D eigenvalue weighted by molar-refractivity contribution is 7.80. The van der Waals surface area contributed by atoms with Gasteiger partial charge in [-0.3, -0.25) is 27.8 Å². The zero-order chi connectivity index (χ0) is 19.9. The zero-order valence-electron chi connectivity index (χ0n) is 11.8. The van der Waals surface area contributed by atoms with E-state index >= 15 is 0 Å². The predicted octanol–water partition coefficient (Wildman–Crippen LogP) is -1.96. The summed E-state index contributed by atoms with van der Waals surface area (Å²) in [5, 5.41) is 19.3. The van der Waals surface area contributed by atoms with Crippen LogP contribution < -0.4 is 11.1 Å². The van der Waals surface area contributed by atoms with Crippen molar-refractivity contribution in [3.8, 4) is 0 Å². The van der Waals surface area contributed by atoms with E-state index < -0.39 is 52.7 Å². The van der Waals surface area contributed by atoms with Crippen molar-refractivity contribution < 1.29 is 51.2 Å². The average Bonchev–Trinajstić information content (AvgIpc) is 2.40. The number of thiol groups is 1. The first-order chi connectivity index (χ1) is 10.8. The van der Waals surface area contributed by atoms with Gasteiger partial charge in [0.05, 0.1) is 0 Å². The Hall–Kier alpha value is -1.14. The summed E-state index contributed by atoms with van der Waals surface area (Å²) >= 11 is -1.47. The third-order valence-electron chi connectivity index (χ3n) is 1.82. The number of aliphatic carboxylic acids is 2. The molecule has 16 heteroatoms. The number of amides is 1. The molecular formula is C8H18N2O11S3. The van der Waals surface area contributed by atoms with E-state index in [-0.39, 0.29) is 18.6 Å². The number of rotatable bonds is 7. The molecule has 9 N–H and O–H groups in total. The molecule has 24 heavy (non-hydrogen) atoms. The van der Waals surface area contributed by atoms with Crippen molar-refractivity contribution in [1.29, 1.82) is 0 Å². The van der Waals surface area contributed by atoms with Gasteiger partial charge in [-0.1, -0.05) is 0 Å². The Morgan fingerprint density at radius 2 is 1.38 bits per heavy atom. The number of nitrogens with one attached hydrogen (secondary N) is 1. The number of nitrogens with two attached hydrogens (primary N) is 1. The number of carboxylic acid groups (broad SMARTS) is 2. The van der Waals surface area contributed by atoms with Crippen molar-refractivity contribution in [3.05, 3.63) is 0 Å². The van der Waals surface area contributed by atoms with E-state index in [4.69, 9.17) is 42.6 Å². The molecule has 0 aliphatic carbocycles. The maximum Gasteiger partial charge on any atom is 0.327 e. The van der Waals surface area contributed by atoms with Crippen LogP contribution in [0.4, 0.5) is 0 Å². The first-order valence-corrected chi connectivity index (χ1v) is 8.32. The molecule has 0 saturated heterocycles. The van der Waals surface area contributed by atoms with Crippen molar-refractivity contribution in [3.63, 3.8) is 0 Å². The van der Waals surface area contributed by atoms with Crippen LogP contribution >= 0.6 is 12.6 Å². The minimum absolute atomic E-state index is 0.0357. The molecule has 0 radical (unpaired) electrons. The van der Waals surface area contributed by atoms with Gasteiger partial charge in [-0.05, 0) is 6.42 Å². The highest BCUT2D eigenvalue weighted by Gasteiger charge is 2.19. The highest BCUT2D eigenvalue weighted by atomic mass is 32.2. The quantitative estimate of drug-likeness (QED) is 0.163. The van der Waals surface area contributed by atoms with E-state index in [2.05, 4.69) is 17.9 Å². The lowest BCUT2D eigenvalue weighted by molar-refractivity contribution is -0.141. The molecular weight excluding hydrogens is 396 g/mol. The summed E-state index contributed by atoms with van der Waals surface area (Å²) in [6, 6.07) is -2.19. The fourth-order valence-corrected chi connectivity index (χ4v) is 1.11. The topological polar surface area (TPSA) is 245 Å². The highest BCUT2D eigenvalue weighted by Crippen LogP contribution is 1.97. The summed E-state index contributed by atoms with van der Waals surface area (Å²) in [6.45, 7) is 0. The van der Waals surface area contributed by atoms with E-state index in [1.807, 2.05) is 0 Å². The summed E-state index contributed by atoms with van der Waals surface area (Å²) in [5.74, 6) is -2.98. The van der Waals surface area contributed by atoms with Crippen LogP contribution in [-0.4, -0.2) is 72.5 Å². The van der Waals surface area contributed by atoms with Gasteiger partial charge in [-0.2, -0.15) is 21.0 Å². The minimum Gasteiger partial charge on any atom is -0.480 e. The van der Waals surface area contributed by atoms with E-state index in [1.54, 1.807) is 0 Å². The summed E-state index contributed by atoms with van der Waals surface area (Å²) in [5.41, 5.74) is 5.18. The smallest absolute Gasteiger partial charge is 0.327 e. The fraction of sp³-hybridized carbons (Fsp3) is 0.625. The number of carboxylic acids is 2. The third kappa shape index (κ3) is 25.8. The number of carbonyl (C=O) groups excluding carboxylic acids is 1. The molecule has 0 bridgehead atoms. The fourth-order valence-electron chi connectivity index (χ4n) is 0.862. The second-order valence-electron chi connectivity index (χ2n) is 3.59. The second kappa shape index (κ2) is 16.7. The number of carbonyl (C=O) groups is 3. The van der Waals surface area contributed by atoms with Gasteiger partial charge in [0, 0.05) is 12.2 Å². The molecule has 0 fully saturated rings. The third-order valence-corrected chi connectivity index (χ3v) is 2.18.